The van der Waals surface area contributed by atoms with E-state index >= 15 is 0 Å². The van der Waals surface area contributed by atoms with Gasteiger partial charge in [-0.25, -0.2) is 0 Å². The highest BCUT2D eigenvalue weighted by atomic mass is 15.1. The number of hydrogen-bond acceptors (Lipinski definition) is 1. The van der Waals surface area contributed by atoms with Gasteiger partial charge in [-0.3, -0.25) is 0 Å². The summed E-state index contributed by atoms with van der Waals surface area (Å²) in [6, 6.07) is 59.5. The number of para-hydroxylation sites is 2. The molecule has 4 bridgehead atoms. The molecular formula is C50H40N2. The Kier molecular flexibility index (Phi) is 5.98. The van der Waals surface area contributed by atoms with Gasteiger partial charge in [-0.2, -0.15) is 0 Å². The van der Waals surface area contributed by atoms with Crippen LogP contribution in [0.25, 0.3) is 49.4 Å². The summed E-state index contributed by atoms with van der Waals surface area (Å²) in [5.74, 6) is 3.29. The van der Waals surface area contributed by atoms with E-state index in [2.05, 4.69) is 167 Å². The number of hydrogen-bond donors (Lipinski definition) is 0. The summed E-state index contributed by atoms with van der Waals surface area (Å²) in [4.78, 5) is 2.56. The Labute approximate surface area is 305 Å². The lowest BCUT2D eigenvalue weighted by atomic mass is 9.43. The lowest BCUT2D eigenvalue weighted by molar-refractivity contribution is -0.0399. The van der Waals surface area contributed by atoms with Gasteiger partial charge in [0.2, 0.25) is 0 Å². The van der Waals surface area contributed by atoms with Crippen molar-refractivity contribution in [1.29, 1.82) is 0 Å². The molecule has 0 N–H and O–H groups in total. The largest absolute Gasteiger partial charge is 0.310 e. The van der Waals surface area contributed by atoms with Gasteiger partial charge >= 0.3 is 0 Å². The van der Waals surface area contributed by atoms with Crippen molar-refractivity contribution in [3.05, 3.63) is 169 Å². The highest BCUT2D eigenvalue weighted by Gasteiger charge is 2.61. The van der Waals surface area contributed by atoms with Gasteiger partial charge < -0.3 is 9.47 Å². The molecule has 0 amide bonds. The number of fused-ring (bicyclic) bond motifs is 7. The molecule has 1 aromatic heterocycles. The molecule has 52 heavy (non-hydrogen) atoms. The summed E-state index contributed by atoms with van der Waals surface area (Å²) in [5.41, 5.74) is 13.5. The molecule has 5 aliphatic carbocycles. The predicted octanol–water partition coefficient (Wildman–Crippen LogP) is 13.1. The van der Waals surface area contributed by atoms with E-state index in [1.807, 2.05) is 0 Å². The topological polar surface area (TPSA) is 8.17 Å². The van der Waals surface area contributed by atoms with Crippen LogP contribution >= 0.6 is 0 Å². The molecule has 13 rings (SSSR count). The third-order valence-corrected chi connectivity index (χ3v) is 13.7. The molecule has 0 radical (unpaired) electrons. The van der Waals surface area contributed by atoms with E-state index in [4.69, 9.17) is 0 Å². The van der Waals surface area contributed by atoms with E-state index in [-0.39, 0.29) is 5.41 Å². The Bertz CT molecular complexity index is 2680. The molecule has 4 fully saturated rings. The van der Waals surface area contributed by atoms with E-state index in [1.165, 1.54) is 98.6 Å². The zero-order chi connectivity index (χ0) is 34.0. The molecule has 4 saturated carbocycles. The molecular weight excluding hydrogens is 629 g/mol. The summed E-state index contributed by atoms with van der Waals surface area (Å²) in [6.07, 6.45) is 7.02. The minimum atomic E-state index is 0.115. The quantitative estimate of drug-likeness (QED) is 0.181. The number of aromatic nitrogens is 1. The minimum absolute atomic E-state index is 0.115. The van der Waals surface area contributed by atoms with Crippen molar-refractivity contribution in [2.45, 2.75) is 37.5 Å². The molecule has 2 nitrogen and oxygen atoms in total. The smallest absolute Gasteiger partial charge is 0.0561 e. The zero-order valence-electron chi connectivity index (χ0n) is 29.3. The molecule has 0 saturated heterocycles. The first-order chi connectivity index (χ1) is 25.8. The normalized spacial score (nSPS) is 23.8. The van der Waals surface area contributed by atoms with Gasteiger partial charge in [0, 0.05) is 38.6 Å². The van der Waals surface area contributed by atoms with Gasteiger partial charge in [0.05, 0.1) is 16.7 Å². The first-order valence-corrected chi connectivity index (χ1v) is 19.4. The van der Waals surface area contributed by atoms with Crippen LogP contribution < -0.4 is 4.90 Å². The van der Waals surface area contributed by atoms with E-state index in [1.54, 1.807) is 11.1 Å². The molecule has 0 aliphatic heterocycles. The number of benzene rings is 7. The lowest BCUT2D eigenvalue weighted by Gasteiger charge is -2.61. The molecule has 1 heterocycles. The molecule has 2 heteroatoms. The standard InChI is InChI=1S/C50H40N2/c1-2-13-37(14-3-1)52-48-19-9-7-17-43(48)44-24-22-39(31-49(44)52)51(47-20-10-12-34-11-4-5-15-40(34)47)38-21-23-42-41-16-6-8-18-45(41)50(46(42)30-38)35-26-32-25-33(28-35)29-36(50)27-32/h1-24,30-33,35-36H,25-29H2. The van der Waals surface area contributed by atoms with E-state index in [0.717, 1.165) is 23.7 Å². The van der Waals surface area contributed by atoms with Crippen molar-refractivity contribution in [1.82, 2.24) is 4.57 Å². The maximum Gasteiger partial charge on any atom is 0.0561 e. The Hall–Kier alpha value is -5.60. The summed E-state index contributed by atoms with van der Waals surface area (Å²) >= 11 is 0. The second-order valence-corrected chi connectivity index (χ2v) is 16.2. The minimum Gasteiger partial charge on any atom is -0.310 e. The maximum atomic E-state index is 2.64. The van der Waals surface area contributed by atoms with Gasteiger partial charge in [0.1, 0.15) is 0 Å². The van der Waals surface area contributed by atoms with Gasteiger partial charge in [0.25, 0.3) is 0 Å². The van der Waals surface area contributed by atoms with E-state index in [9.17, 15) is 0 Å². The monoisotopic (exact) mass is 668 g/mol. The molecule has 8 aromatic rings. The second-order valence-electron chi connectivity index (χ2n) is 16.2. The number of anilines is 3. The van der Waals surface area contributed by atoms with Crippen LogP contribution in [0.2, 0.25) is 0 Å². The van der Waals surface area contributed by atoms with Gasteiger partial charge in [0.15, 0.2) is 0 Å². The average Bonchev–Trinajstić information content (AvgIpc) is 3.67. The second kappa shape index (κ2) is 10.7. The predicted molar refractivity (Wildman–Crippen MR) is 216 cm³/mol. The maximum absolute atomic E-state index is 2.64. The van der Waals surface area contributed by atoms with Crippen LogP contribution in [0, 0.1) is 23.7 Å². The molecule has 0 unspecified atom stereocenters. The van der Waals surface area contributed by atoms with Crippen molar-refractivity contribution >= 4 is 49.6 Å². The fourth-order valence-corrected chi connectivity index (χ4v) is 12.1. The fraction of sp³-hybridized carbons (Fsp3) is 0.200. The summed E-state index contributed by atoms with van der Waals surface area (Å²) in [6.45, 7) is 0. The van der Waals surface area contributed by atoms with Crippen molar-refractivity contribution < 1.29 is 0 Å². The average molecular weight is 669 g/mol. The van der Waals surface area contributed by atoms with Crippen LogP contribution in [0.4, 0.5) is 17.1 Å². The van der Waals surface area contributed by atoms with Crippen LogP contribution in [0.3, 0.4) is 0 Å². The van der Waals surface area contributed by atoms with Gasteiger partial charge in [-0.1, -0.05) is 109 Å². The number of rotatable bonds is 4. The fourth-order valence-electron chi connectivity index (χ4n) is 12.1. The van der Waals surface area contributed by atoms with Crippen molar-refractivity contribution in [2.75, 3.05) is 4.90 Å². The van der Waals surface area contributed by atoms with Crippen LogP contribution in [-0.2, 0) is 5.41 Å². The Morgan fingerprint density at radius 2 is 1.10 bits per heavy atom. The van der Waals surface area contributed by atoms with Gasteiger partial charge in [-0.05, 0) is 132 Å². The van der Waals surface area contributed by atoms with Crippen molar-refractivity contribution in [3.8, 4) is 16.8 Å². The first-order valence-electron chi connectivity index (χ1n) is 19.4. The summed E-state index contributed by atoms with van der Waals surface area (Å²) in [7, 11) is 0. The van der Waals surface area contributed by atoms with Crippen LogP contribution in [0.5, 0.6) is 0 Å². The first kappa shape index (κ1) is 29.0. The van der Waals surface area contributed by atoms with Crippen LogP contribution in [0.15, 0.2) is 158 Å². The lowest BCUT2D eigenvalue weighted by Crippen LogP contribution is -2.55. The van der Waals surface area contributed by atoms with Crippen molar-refractivity contribution in [3.63, 3.8) is 0 Å². The van der Waals surface area contributed by atoms with Gasteiger partial charge in [-0.15, -0.1) is 0 Å². The van der Waals surface area contributed by atoms with Crippen molar-refractivity contribution in [2.24, 2.45) is 23.7 Å². The van der Waals surface area contributed by atoms with E-state index in [0.29, 0.717) is 0 Å². The third kappa shape index (κ3) is 3.85. The van der Waals surface area contributed by atoms with Crippen LogP contribution in [-0.4, -0.2) is 4.57 Å². The summed E-state index contributed by atoms with van der Waals surface area (Å²) in [5, 5.41) is 5.08. The Morgan fingerprint density at radius 3 is 1.94 bits per heavy atom. The molecule has 1 spiro atoms. The highest BCUT2D eigenvalue weighted by Crippen LogP contribution is 2.69. The highest BCUT2D eigenvalue weighted by molar-refractivity contribution is 6.11. The zero-order valence-corrected chi connectivity index (χ0v) is 29.3. The summed E-state index contributed by atoms with van der Waals surface area (Å²) < 4.78 is 2.44. The SMILES string of the molecule is c1ccc(-n2c3ccccc3c3ccc(N(c4ccc5c(c4)C4(c6ccccc6-5)C5CC6CC(C5)CC4C6)c4cccc5ccccc45)cc32)cc1. The Balaban J connectivity index is 1.13. The van der Waals surface area contributed by atoms with Crippen LogP contribution in [0.1, 0.15) is 43.2 Å². The Morgan fingerprint density at radius 1 is 0.462 bits per heavy atom. The molecule has 250 valence electrons. The molecule has 5 aliphatic rings. The third-order valence-electron chi connectivity index (χ3n) is 13.7. The molecule has 7 aromatic carbocycles. The number of nitrogens with zero attached hydrogens (tertiary/aromatic N) is 2. The molecule has 0 atom stereocenters. The van der Waals surface area contributed by atoms with E-state index < -0.39 is 0 Å².